The minimum atomic E-state index is -1.36. The summed E-state index contributed by atoms with van der Waals surface area (Å²) >= 11 is 0. The van der Waals surface area contributed by atoms with Gasteiger partial charge in [0.25, 0.3) is 5.91 Å². The molecule has 1 fully saturated rings. The predicted octanol–water partition coefficient (Wildman–Crippen LogP) is 1.14. The quantitative estimate of drug-likeness (QED) is 0.761. The maximum Gasteiger partial charge on any atom is 0.325 e. The molecular formula is C14H18N2O3. The summed E-state index contributed by atoms with van der Waals surface area (Å²) in [5.74, 6) is -1.32. The second kappa shape index (κ2) is 5.40. The van der Waals surface area contributed by atoms with E-state index in [1.807, 2.05) is 6.07 Å². The van der Waals surface area contributed by atoms with Crippen molar-refractivity contribution < 1.29 is 14.7 Å². The molecule has 1 aromatic rings. The first kappa shape index (κ1) is 13.5. The van der Waals surface area contributed by atoms with Gasteiger partial charge in [-0.15, -0.1) is 0 Å². The molecule has 0 aromatic heterocycles. The third-order valence-electron chi connectivity index (χ3n) is 3.69. The zero-order chi connectivity index (χ0) is 13.9. The first-order valence-corrected chi connectivity index (χ1v) is 6.42. The Labute approximate surface area is 111 Å². The maximum absolute atomic E-state index is 12.1. The molecule has 0 bridgehead atoms. The molecule has 0 saturated heterocycles. The van der Waals surface area contributed by atoms with E-state index in [4.69, 9.17) is 5.73 Å². The molecule has 0 aliphatic heterocycles. The van der Waals surface area contributed by atoms with E-state index < -0.39 is 17.6 Å². The van der Waals surface area contributed by atoms with Gasteiger partial charge in [-0.05, 0) is 25.0 Å². The second-order valence-corrected chi connectivity index (χ2v) is 4.98. The van der Waals surface area contributed by atoms with E-state index in [0.29, 0.717) is 18.4 Å². The number of carboxylic acid groups (broad SMARTS) is 1. The van der Waals surface area contributed by atoms with Gasteiger partial charge in [0.2, 0.25) is 0 Å². The normalized spacial score (nSPS) is 26.7. The molecule has 5 nitrogen and oxygen atoms in total. The monoisotopic (exact) mass is 262 g/mol. The topological polar surface area (TPSA) is 92.4 Å². The summed E-state index contributed by atoms with van der Waals surface area (Å²) in [6.45, 7) is 0. The number of rotatable bonds is 3. The molecule has 2 atom stereocenters. The van der Waals surface area contributed by atoms with E-state index >= 15 is 0 Å². The van der Waals surface area contributed by atoms with E-state index in [9.17, 15) is 14.7 Å². The van der Waals surface area contributed by atoms with Gasteiger partial charge in [-0.25, -0.2) is 0 Å². The first-order chi connectivity index (χ1) is 9.04. The molecule has 5 heteroatoms. The Bertz CT molecular complexity index is 475. The fraction of sp³-hybridized carbons (Fsp3) is 0.429. The summed E-state index contributed by atoms with van der Waals surface area (Å²) in [5, 5.41) is 12.0. The number of hydrogen-bond acceptors (Lipinski definition) is 3. The Balaban J connectivity index is 2.12. The molecule has 1 amide bonds. The molecule has 2 rings (SSSR count). The van der Waals surface area contributed by atoms with Crippen LogP contribution in [0.25, 0.3) is 0 Å². The first-order valence-electron chi connectivity index (χ1n) is 6.42. The smallest absolute Gasteiger partial charge is 0.325 e. The molecule has 102 valence electrons. The van der Waals surface area contributed by atoms with Crippen LogP contribution < -0.4 is 11.1 Å². The van der Waals surface area contributed by atoms with Gasteiger partial charge in [-0.1, -0.05) is 31.0 Å². The molecule has 1 aromatic carbocycles. The third kappa shape index (κ3) is 2.76. The van der Waals surface area contributed by atoms with Gasteiger partial charge in [0.15, 0.2) is 0 Å². The molecule has 1 aliphatic rings. The number of carboxylic acids is 1. The number of benzene rings is 1. The highest BCUT2D eigenvalue weighted by atomic mass is 16.4. The lowest BCUT2D eigenvalue weighted by atomic mass is 9.78. The lowest BCUT2D eigenvalue weighted by molar-refractivity contribution is -0.145. The summed E-state index contributed by atoms with van der Waals surface area (Å²) < 4.78 is 0. The van der Waals surface area contributed by atoms with Gasteiger partial charge in [0.05, 0.1) is 6.04 Å². The summed E-state index contributed by atoms with van der Waals surface area (Å²) in [7, 11) is 0. The van der Waals surface area contributed by atoms with Crippen molar-refractivity contribution in [1.82, 2.24) is 5.32 Å². The Morgan fingerprint density at radius 1 is 1.26 bits per heavy atom. The van der Waals surface area contributed by atoms with E-state index in [0.717, 1.165) is 12.8 Å². The van der Waals surface area contributed by atoms with Crippen LogP contribution in [0, 0.1) is 0 Å². The van der Waals surface area contributed by atoms with E-state index in [-0.39, 0.29) is 5.91 Å². The fourth-order valence-electron chi connectivity index (χ4n) is 2.49. The molecule has 1 saturated carbocycles. The lowest BCUT2D eigenvalue weighted by Gasteiger charge is -2.37. The van der Waals surface area contributed by atoms with Crippen molar-refractivity contribution in [2.24, 2.45) is 5.73 Å². The highest BCUT2D eigenvalue weighted by Gasteiger charge is 2.44. The van der Waals surface area contributed by atoms with Crippen molar-refractivity contribution >= 4 is 11.9 Å². The van der Waals surface area contributed by atoms with Gasteiger partial charge < -0.3 is 16.2 Å². The number of nitrogens with one attached hydrogen (secondary N) is 1. The van der Waals surface area contributed by atoms with Crippen molar-refractivity contribution in [1.29, 1.82) is 0 Å². The van der Waals surface area contributed by atoms with Crippen LogP contribution >= 0.6 is 0 Å². The molecule has 4 N–H and O–H groups in total. The number of hydrogen-bond donors (Lipinski definition) is 3. The highest BCUT2D eigenvalue weighted by molar-refractivity contribution is 5.95. The molecular weight excluding hydrogens is 244 g/mol. The number of amides is 1. The summed E-state index contributed by atoms with van der Waals surface area (Å²) in [4.78, 5) is 23.4. The predicted molar refractivity (Wildman–Crippen MR) is 70.7 cm³/mol. The maximum atomic E-state index is 12.1. The van der Waals surface area contributed by atoms with Gasteiger partial charge in [0, 0.05) is 5.56 Å². The van der Waals surface area contributed by atoms with E-state index in [1.54, 1.807) is 24.3 Å². The average molecular weight is 262 g/mol. The lowest BCUT2D eigenvalue weighted by Crippen LogP contribution is -2.64. The number of aliphatic carboxylic acids is 1. The Hall–Kier alpha value is -1.88. The van der Waals surface area contributed by atoms with Crippen molar-refractivity contribution in [3.63, 3.8) is 0 Å². The standard InChI is InChI=1S/C14H18N2O3/c15-14(13(18)19)9-5-4-8-11(14)16-12(17)10-6-2-1-3-7-10/h1-3,6-7,11H,4-5,8-9,15H2,(H,16,17)(H,18,19)/t11-,14+/m0/s1. The minimum Gasteiger partial charge on any atom is -0.480 e. The second-order valence-electron chi connectivity index (χ2n) is 4.98. The van der Waals surface area contributed by atoms with Gasteiger partial charge in [0.1, 0.15) is 5.54 Å². The van der Waals surface area contributed by atoms with Crippen molar-refractivity contribution in [3.05, 3.63) is 35.9 Å². The van der Waals surface area contributed by atoms with Crippen LogP contribution in [-0.2, 0) is 4.79 Å². The highest BCUT2D eigenvalue weighted by Crippen LogP contribution is 2.27. The summed E-state index contributed by atoms with van der Waals surface area (Å²) in [5.41, 5.74) is 5.11. The molecule has 0 radical (unpaired) electrons. The van der Waals surface area contributed by atoms with Crippen LogP contribution in [0.1, 0.15) is 36.0 Å². The molecule has 0 spiro atoms. The average Bonchev–Trinajstić information content (AvgIpc) is 2.42. The molecule has 1 aliphatic carbocycles. The van der Waals surface area contributed by atoms with E-state index in [2.05, 4.69) is 5.32 Å². The van der Waals surface area contributed by atoms with Crippen LogP contribution in [0.2, 0.25) is 0 Å². The number of nitrogens with two attached hydrogens (primary N) is 1. The number of carbonyl (C=O) groups is 2. The van der Waals surface area contributed by atoms with Gasteiger partial charge in [-0.3, -0.25) is 9.59 Å². The summed E-state index contributed by atoms with van der Waals surface area (Å²) in [6, 6.07) is 8.22. The third-order valence-corrected chi connectivity index (χ3v) is 3.69. The van der Waals surface area contributed by atoms with Gasteiger partial charge >= 0.3 is 5.97 Å². The van der Waals surface area contributed by atoms with Crippen LogP contribution in [0.3, 0.4) is 0 Å². The number of carbonyl (C=O) groups excluding carboxylic acids is 1. The van der Waals surface area contributed by atoms with Crippen LogP contribution in [0.4, 0.5) is 0 Å². The Kier molecular flexibility index (Phi) is 3.85. The van der Waals surface area contributed by atoms with Crippen molar-refractivity contribution in [2.75, 3.05) is 0 Å². The summed E-state index contributed by atoms with van der Waals surface area (Å²) in [6.07, 6.45) is 2.65. The molecule has 19 heavy (non-hydrogen) atoms. The molecule has 0 heterocycles. The largest absolute Gasteiger partial charge is 0.480 e. The van der Waals surface area contributed by atoms with Gasteiger partial charge in [-0.2, -0.15) is 0 Å². The van der Waals surface area contributed by atoms with Crippen LogP contribution in [0.5, 0.6) is 0 Å². The zero-order valence-corrected chi connectivity index (χ0v) is 10.6. The Morgan fingerprint density at radius 2 is 1.95 bits per heavy atom. The molecule has 0 unspecified atom stereocenters. The van der Waals surface area contributed by atoms with Crippen LogP contribution in [0.15, 0.2) is 30.3 Å². The van der Waals surface area contributed by atoms with E-state index in [1.165, 1.54) is 0 Å². The van der Waals surface area contributed by atoms with Crippen LogP contribution in [-0.4, -0.2) is 28.6 Å². The van der Waals surface area contributed by atoms with Crippen molar-refractivity contribution in [2.45, 2.75) is 37.3 Å². The Morgan fingerprint density at radius 3 is 2.58 bits per heavy atom. The SMILES string of the molecule is N[C@]1(C(=O)O)CCCC[C@@H]1NC(=O)c1ccccc1. The van der Waals surface area contributed by atoms with Crippen molar-refractivity contribution in [3.8, 4) is 0 Å². The fourth-order valence-corrected chi connectivity index (χ4v) is 2.49. The zero-order valence-electron chi connectivity index (χ0n) is 10.6. The minimum absolute atomic E-state index is 0.274.